The lowest BCUT2D eigenvalue weighted by Gasteiger charge is -2.29. The number of carboxylic acids is 1. The van der Waals surface area contributed by atoms with Crippen LogP contribution in [-0.2, 0) is 20.4 Å². The molecule has 1 rings (SSSR count). The van der Waals surface area contributed by atoms with Gasteiger partial charge in [-0.1, -0.05) is 53.7 Å². The number of aliphatic carboxylic acids is 1. The van der Waals surface area contributed by atoms with E-state index in [0.29, 0.717) is 0 Å². The first kappa shape index (κ1) is 18.9. The van der Waals surface area contributed by atoms with E-state index >= 15 is 0 Å². The van der Waals surface area contributed by atoms with E-state index in [1.165, 1.54) is 5.56 Å². The van der Waals surface area contributed by atoms with Crippen molar-refractivity contribution in [1.82, 2.24) is 0 Å². The Labute approximate surface area is 138 Å². The van der Waals surface area contributed by atoms with E-state index in [0.717, 1.165) is 29.0 Å². The zero-order valence-corrected chi connectivity index (χ0v) is 15.1. The van der Waals surface area contributed by atoms with Gasteiger partial charge in [-0.15, -0.1) is 0 Å². The average Bonchev–Trinajstić information content (AvgIpc) is 2.35. The maximum absolute atomic E-state index is 12.0. The molecule has 4 heteroatoms. The highest BCUT2D eigenvalue weighted by molar-refractivity contribution is 6.03. The Bertz CT molecular complexity index is 644. The molecule has 0 unspecified atom stereocenters. The molecule has 0 aromatic heterocycles. The van der Waals surface area contributed by atoms with Crippen LogP contribution in [0.2, 0.25) is 0 Å². The Balaban J connectivity index is 3.37. The summed E-state index contributed by atoms with van der Waals surface area (Å²) in [6, 6.07) is 4.20. The SMILES string of the molecule is Cc1cc(C(C)(C)C)cc(C(C)(C)C)c1NC(=O)C=CC(=O)O. The van der Waals surface area contributed by atoms with E-state index in [-0.39, 0.29) is 10.8 Å². The van der Waals surface area contributed by atoms with E-state index in [1.54, 1.807) is 0 Å². The molecule has 1 amide bonds. The normalized spacial score (nSPS) is 12.5. The maximum atomic E-state index is 12.0. The number of carbonyl (C=O) groups is 2. The van der Waals surface area contributed by atoms with Gasteiger partial charge in [-0.25, -0.2) is 4.79 Å². The van der Waals surface area contributed by atoms with Gasteiger partial charge < -0.3 is 10.4 Å². The first-order valence-electron chi connectivity index (χ1n) is 7.70. The van der Waals surface area contributed by atoms with Crippen molar-refractivity contribution in [1.29, 1.82) is 0 Å². The van der Waals surface area contributed by atoms with Gasteiger partial charge in [-0.05, 0) is 34.4 Å². The molecule has 0 bridgehead atoms. The van der Waals surface area contributed by atoms with Crippen molar-refractivity contribution >= 4 is 17.6 Å². The maximum Gasteiger partial charge on any atom is 0.328 e. The molecule has 0 fully saturated rings. The molecule has 0 atom stereocenters. The Hall–Kier alpha value is -2.10. The fraction of sp³-hybridized carbons (Fsp3) is 0.474. The van der Waals surface area contributed by atoms with Crippen LogP contribution in [0.1, 0.15) is 58.2 Å². The van der Waals surface area contributed by atoms with Crippen LogP contribution >= 0.6 is 0 Å². The van der Waals surface area contributed by atoms with Crippen molar-refractivity contribution in [3.8, 4) is 0 Å². The number of anilines is 1. The fourth-order valence-electron chi connectivity index (χ4n) is 2.29. The van der Waals surface area contributed by atoms with Crippen LogP contribution in [0.15, 0.2) is 24.3 Å². The molecule has 1 aromatic carbocycles. The number of aryl methyl sites for hydroxylation is 1. The number of nitrogens with one attached hydrogen (secondary N) is 1. The second-order valence-corrected chi connectivity index (χ2v) is 7.88. The third kappa shape index (κ3) is 5.23. The molecular formula is C19H27NO3. The zero-order chi connectivity index (χ0) is 18.0. The average molecular weight is 317 g/mol. The Morgan fingerprint density at radius 2 is 1.57 bits per heavy atom. The molecule has 0 saturated heterocycles. The molecule has 0 radical (unpaired) electrons. The van der Waals surface area contributed by atoms with Crippen molar-refractivity contribution in [2.75, 3.05) is 5.32 Å². The summed E-state index contributed by atoms with van der Waals surface area (Å²) in [6.45, 7) is 14.7. The van der Waals surface area contributed by atoms with E-state index in [2.05, 4.69) is 59.0 Å². The van der Waals surface area contributed by atoms with Crippen LogP contribution in [0.5, 0.6) is 0 Å². The smallest absolute Gasteiger partial charge is 0.328 e. The molecule has 0 aliphatic heterocycles. The second kappa shape index (κ2) is 6.57. The molecule has 0 spiro atoms. The molecule has 0 saturated carbocycles. The van der Waals surface area contributed by atoms with E-state index in [4.69, 9.17) is 5.11 Å². The fourth-order valence-corrected chi connectivity index (χ4v) is 2.29. The highest BCUT2D eigenvalue weighted by Crippen LogP contribution is 2.36. The highest BCUT2D eigenvalue weighted by atomic mass is 16.4. The summed E-state index contributed by atoms with van der Waals surface area (Å²) in [5.74, 6) is -1.58. The molecule has 2 N–H and O–H groups in total. The lowest BCUT2D eigenvalue weighted by atomic mass is 9.78. The number of hydrogen-bond donors (Lipinski definition) is 2. The lowest BCUT2D eigenvalue weighted by Crippen LogP contribution is -2.21. The third-order valence-corrected chi connectivity index (χ3v) is 3.64. The van der Waals surface area contributed by atoms with Gasteiger partial charge in [0.25, 0.3) is 0 Å². The van der Waals surface area contributed by atoms with Gasteiger partial charge >= 0.3 is 5.97 Å². The predicted octanol–water partition coefficient (Wildman–Crippen LogP) is 4.17. The topological polar surface area (TPSA) is 66.4 Å². The number of carboxylic acid groups (broad SMARTS) is 1. The number of rotatable bonds is 3. The summed E-state index contributed by atoms with van der Waals surface area (Å²) < 4.78 is 0. The van der Waals surface area contributed by atoms with Gasteiger partial charge in [0.2, 0.25) is 5.91 Å². The molecule has 4 nitrogen and oxygen atoms in total. The highest BCUT2D eigenvalue weighted by Gasteiger charge is 2.24. The van der Waals surface area contributed by atoms with Gasteiger partial charge in [0.05, 0.1) is 0 Å². The largest absolute Gasteiger partial charge is 0.478 e. The number of hydrogen-bond acceptors (Lipinski definition) is 2. The monoisotopic (exact) mass is 317 g/mol. The summed E-state index contributed by atoms with van der Waals surface area (Å²) in [6.07, 6.45) is 1.87. The summed E-state index contributed by atoms with van der Waals surface area (Å²) in [4.78, 5) is 22.5. The number of carbonyl (C=O) groups excluding carboxylic acids is 1. The minimum absolute atomic E-state index is 0.0104. The molecule has 0 aliphatic carbocycles. The Kier molecular flexibility index (Phi) is 5.41. The van der Waals surface area contributed by atoms with Crippen molar-refractivity contribution in [3.63, 3.8) is 0 Å². The molecular weight excluding hydrogens is 290 g/mol. The summed E-state index contributed by atoms with van der Waals surface area (Å²) in [5, 5.41) is 11.5. The van der Waals surface area contributed by atoms with Crippen molar-refractivity contribution in [2.24, 2.45) is 0 Å². The number of benzene rings is 1. The molecule has 0 heterocycles. The van der Waals surface area contributed by atoms with Crippen molar-refractivity contribution in [3.05, 3.63) is 41.0 Å². The van der Waals surface area contributed by atoms with E-state index in [1.807, 2.05) is 6.92 Å². The standard InChI is InChI=1S/C19H27NO3/c1-12-10-13(18(2,3)4)11-14(19(5,6)7)17(12)20-15(21)8-9-16(22)23/h8-11H,1-7H3,(H,20,21)(H,22,23). The zero-order valence-electron chi connectivity index (χ0n) is 15.1. The van der Waals surface area contributed by atoms with E-state index in [9.17, 15) is 9.59 Å². The lowest BCUT2D eigenvalue weighted by molar-refractivity contribution is -0.131. The molecule has 126 valence electrons. The quantitative estimate of drug-likeness (QED) is 0.822. The van der Waals surface area contributed by atoms with Crippen LogP contribution in [0, 0.1) is 6.92 Å². The van der Waals surface area contributed by atoms with Crippen LogP contribution in [-0.4, -0.2) is 17.0 Å². The number of amides is 1. The minimum atomic E-state index is -1.14. The summed E-state index contributed by atoms with van der Waals surface area (Å²) in [7, 11) is 0. The third-order valence-electron chi connectivity index (χ3n) is 3.64. The molecule has 1 aromatic rings. The minimum Gasteiger partial charge on any atom is -0.478 e. The van der Waals surface area contributed by atoms with Gasteiger partial charge in [-0.3, -0.25) is 4.79 Å². The van der Waals surface area contributed by atoms with Gasteiger partial charge in [0.15, 0.2) is 0 Å². The van der Waals surface area contributed by atoms with Gasteiger partial charge in [0, 0.05) is 17.8 Å². The predicted molar refractivity (Wildman–Crippen MR) is 94.0 cm³/mol. The van der Waals surface area contributed by atoms with Crippen LogP contribution in [0.25, 0.3) is 0 Å². The molecule has 0 aliphatic rings. The Morgan fingerprint density at radius 1 is 1.00 bits per heavy atom. The Morgan fingerprint density at radius 3 is 2.00 bits per heavy atom. The first-order chi connectivity index (χ1) is 10.3. The molecule has 23 heavy (non-hydrogen) atoms. The van der Waals surface area contributed by atoms with Crippen LogP contribution in [0.3, 0.4) is 0 Å². The second-order valence-electron chi connectivity index (χ2n) is 7.88. The van der Waals surface area contributed by atoms with Gasteiger partial charge in [-0.2, -0.15) is 0 Å². The van der Waals surface area contributed by atoms with Gasteiger partial charge in [0.1, 0.15) is 0 Å². The van der Waals surface area contributed by atoms with Crippen LogP contribution in [0.4, 0.5) is 5.69 Å². The summed E-state index contributed by atoms with van der Waals surface area (Å²) >= 11 is 0. The first-order valence-corrected chi connectivity index (χ1v) is 7.70. The van der Waals surface area contributed by atoms with E-state index < -0.39 is 11.9 Å². The summed E-state index contributed by atoms with van der Waals surface area (Å²) in [5.41, 5.74) is 3.84. The van der Waals surface area contributed by atoms with Crippen molar-refractivity contribution in [2.45, 2.75) is 59.3 Å². The van der Waals surface area contributed by atoms with Crippen molar-refractivity contribution < 1.29 is 14.7 Å². The van der Waals surface area contributed by atoms with Crippen LogP contribution < -0.4 is 5.32 Å².